The standard InChI is InChI=1S/C22H25N3OS/c26-21(11-10-17-6-2-1-3-7-17)23-16-18-12-14-25(15-13-18)22-24-19-8-4-5-9-20(19)27-22/h1-9,18H,10-16H2,(H,23,26). The van der Waals surface area contributed by atoms with Gasteiger partial charge in [0.15, 0.2) is 5.13 Å². The Morgan fingerprint density at radius 3 is 2.59 bits per heavy atom. The molecule has 1 amide bonds. The smallest absolute Gasteiger partial charge is 0.220 e. The van der Waals surface area contributed by atoms with Gasteiger partial charge in [-0.25, -0.2) is 4.98 Å². The van der Waals surface area contributed by atoms with Crippen molar-refractivity contribution >= 4 is 32.6 Å². The largest absolute Gasteiger partial charge is 0.356 e. The van der Waals surface area contributed by atoms with E-state index >= 15 is 0 Å². The van der Waals surface area contributed by atoms with Gasteiger partial charge in [0.2, 0.25) is 5.91 Å². The summed E-state index contributed by atoms with van der Waals surface area (Å²) in [6.45, 7) is 2.83. The van der Waals surface area contributed by atoms with Crippen LogP contribution in [0.2, 0.25) is 0 Å². The Hall–Kier alpha value is -2.40. The fourth-order valence-electron chi connectivity index (χ4n) is 3.57. The van der Waals surface area contributed by atoms with Crippen LogP contribution in [0.5, 0.6) is 0 Å². The van der Waals surface area contributed by atoms with Crippen molar-refractivity contribution in [3.63, 3.8) is 0 Å². The van der Waals surface area contributed by atoms with Gasteiger partial charge in [-0.05, 0) is 42.9 Å². The number of aryl methyl sites for hydroxylation is 1. The monoisotopic (exact) mass is 379 g/mol. The molecule has 140 valence electrons. The van der Waals surface area contributed by atoms with Crippen LogP contribution in [0.15, 0.2) is 54.6 Å². The van der Waals surface area contributed by atoms with Gasteiger partial charge in [0.05, 0.1) is 10.2 Å². The van der Waals surface area contributed by atoms with Gasteiger partial charge in [-0.1, -0.05) is 53.8 Å². The molecular weight excluding hydrogens is 354 g/mol. The van der Waals surface area contributed by atoms with Crippen LogP contribution in [0.3, 0.4) is 0 Å². The molecule has 2 aromatic carbocycles. The molecule has 1 aliphatic heterocycles. The molecule has 0 bridgehead atoms. The average molecular weight is 380 g/mol. The number of carbonyl (C=O) groups is 1. The molecule has 0 radical (unpaired) electrons. The van der Waals surface area contributed by atoms with Crippen LogP contribution >= 0.6 is 11.3 Å². The maximum atomic E-state index is 12.1. The normalized spacial score (nSPS) is 15.2. The molecule has 5 heteroatoms. The number of hydrogen-bond acceptors (Lipinski definition) is 4. The molecule has 1 saturated heterocycles. The highest BCUT2D eigenvalue weighted by molar-refractivity contribution is 7.22. The van der Waals surface area contributed by atoms with Gasteiger partial charge >= 0.3 is 0 Å². The zero-order chi connectivity index (χ0) is 18.5. The van der Waals surface area contributed by atoms with Crippen LogP contribution in [0, 0.1) is 5.92 Å². The van der Waals surface area contributed by atoms with E-state index < -0.39 is 0 Å². The van der Waals surface area contributed by atoms with Gasteiger partial charge in [-0.2, -0.15) is 0 Å². The first-order valence-corrected chi connectivity index (χ1v) is 10.5. The maximum absolute atomic E-state index is 12.1. The molecule has 0 aliphatic carbocycles. The summed E-state index contributed by atoms with van der Waals surface area (Å²) in [4.78, 5) is 19.3. The molecule has 0 unspecified atom stereocenters. The molecule has 3 aromatic rings. The number of para-hydroxylation sites is 1. The molecule has 0 saturated carbocycles. The van der Waals surface area contributed by atoms with Gasteiger partial charge in [-0.15, -0.1) is 0 Å². The topological polar surface area (TPSA) is 45.2 Å². The third-order valence-corrected chi connectivity index (χ3v) is 6.34. The first-order chi connectivity index (χ1) is 13.3. The second-order valence-electron chi connectivity index (χ2n) is 7.18. The molecule has 4 rings (SSSR count). The van der Waals surface area contributed by atoms with E-state index in [4.69, 9.17) is 4.98 Å². The summed E-state index contributed by atoms with van der Waals surface area (Å²) in [5.41, 5.74) is 2.31. The molecule has 1 N–H and O–H groups in total. The number of piperidine rings is 1. The van der Waals surface area contributed by atoms with E-state index in [0.29, 0.717) is 12.3 Å². The average Bonchev–Trinajstić information content (AvgIpc) is 3.16. The summed E-state index contributed by atoms with van der Waals surface area (Å²) >= 11 is 1.77. The number of thiazole rings is 1. The molecule has 4 nitrogen and oxygen atoms in total. The number of aromatic nitrogens is 1. The predicted molar refractivity (Wildman–Crippen MR) is 112 cm³/mol. The SMILES string of the molecule is O=C(CCc1ccccc1)NCC1CCN(c2nc3ccccc3s2)CC1. The quantitative estimate of drug-likeness (QED) is 0.696. The molecule has 2 heterocycles. The molecule has 0 atom stereocenters. The Morgan fingerprint density at radius 2 is 1.81 bits per heavy atom. The van der Waals surface area contributed by atoms with E-state index in [1.807, 2.05) is 24.3 Å². The molecule has 1 aromatic heterocycles. The van der Waals surface area contributed by atoms with Gasteiger partial charge in [0.1, 0.15) is 0 Å². The van der Waals surface area contributed by atoms with Crippen LogP contribution in [0.25, 0.3) is 10.2 Å². The number of amides is 1. The number of nitrogens with zero attached hydrogens (tertiary/aromatic N) is 2. The third kappa shape index (κ3) is 4.66. The van der Waals surface area contributed by atoms with E-state index in [-0.39, 0.29) is 5.91 Å². The predicted octanol–water partition coefficient (Wildman–Crippen LogP) is 4.26. The van der Waals surface area contributed by atoms with Crippen molar-refractivity contribution in [3.8, 4) is 0 Å². The molecular formula is C22H25N3OS. The van der Waals surface area contributed by atoms with Crippen molar-refractivity contribution in [2.24, 2.45) is 5.92 Å². The minimum atomic E-state index is 0.160. The van der Waals surface area contributed by atoms with Crippen molar-refractivity contribution in [1.29, 1.82) is 0 Å². The van der Waals surface area contributed by atoms with E-state index in [1.54, 1.807) is 11.3 Å². The fourth-order valence-corrected chi connectivity index (χ4v) is 4.59. The summed E-state index contributed by atoms with van der Waals surface area (Å²) in [6.07, 6.45) is 3.58. The lowest BCUT2D eigenvalue weighted by Gasteiger charge is -2.31. The lowest BCUT2D eigenvalue weighted by Crippen LogP contribution is -2.38. The fraction of sp³-hybridized carbons (Fsp3) is 0.364. The van der Waals surface area contributed by atoms with Crippen molar-refractivity contribution in [2.45, 2.75) is 25.7 Å². The number of hydrogen-bond donors (Lipinski definition) is 1. The van der Waals surface area contributed by atoms with E-state index in [2.05, 4.69) is 40.5 Å². The first-order valence-electron chi connectivity index (χ1n) is 9.69. The lowest BCUT2D eigenvalue weighted by molar-refractivity contribution is -0.121. The highest BCUT2D eigenvalue weighted by atomic mass is 32.1. The van der Waals surface area contributed by atoms with Crippen LogP contribution in [-0.4, -0.2) is 30.5 Å². The minimum absolute atomic E-state index is 0.160. The lowest BCUT2D eigenvalue weighted by atomic mass is 9.97. The van der Waals surface area contributed by atoms with Gasteiger partial charge in [0, 0.05) is 26.1 Å². The van der Waals surface area contributed by atoms with E-state index in [0.717, 1.165) is 49.5 Å². The molecule has 27 heavy (non-hydrogen) atoms. The van der Waals surface area contributed by atoms with Crippen molar-refractivity contribution < 1.29 is 4.79 Å². The van der Waals surface area contributed by atoms with Crippen LogP contribution in [-0.2, 0) is 11.2 Å². The number of carbonyl (C=O) groups excluding carboxylic acids is 1. The van der Waals surface area contributed by atoms with Crippen LogP contribution in [0.1, 0.15) is 24.8 Å². The number of rotatable bonds is 6. The van der Waals surface area contributed by atoms with Crippen LogP contribution in [0.4, 0.5) is 5.13 Å². The second kappa shape index (κ2) is 8.53. The summed E-state index contributed by atoms with van der Waals surface area (Å²) in [5, 5.41) is 4.25. The Balaban J connectivity index is 1.20. The number of fused-ring (bicyclic) bond motifs is 1. The maximum Gasteiger partial charge on any atom is 0.220 e. The van der Waals surface area contributed by atoms with Gasteiger partial charge < -0.3 is 10.2 Å². The summed E-state index contributed by atoms with van der Waals surface area (Å²) in [6, 6.07) is 18.5. The van der Waals surface area contributed by atoms with Crippen molar-refractivity contribution in [3.05, 3.63) is 60.2 Å². The Bertz CT molecular complexity index is 852. The highest BCUT2D eigenvalue weighted by Gasteiger charge is 2.22. The zero-order valence-corrected chi connectivity index (χ0v) is 16.3. The number of benzene rings is 2. The summed E-state index contributed by atoms with van der Waals surface area (Å²) in [7, 11) is 0. The summed E-state index contributed by atoms with van der Waals surface area (Å²) < 4.78 is 1.25. The van der Waals surface area contributed by atoms with Gasteiger partial charge in [0.25, 0.3) is 0 Å². The Morgan fingerprint density at radius 1 is 1.07 bits per heavy atom. The second-order valence-corrected chi connectivity index (χ2v) is 8.19. The third-order valence-electron chi connectivity index (χ3n) is 5.24. The number of anilines is 1. The molecule has 1 fully saturated rings. The molecule has 1 aliphatic rings. The Kier molecular flexibility index (Phi) is 5.68. The first kappa shape index (κ1) is 18.0. The van der Waals surface area contributed by atoms with Crippen molar-refractivity contribution in [2.75, 3.05) is 24.5 Å². The Labute approximate surface area is 164 Å². The van der Waals surface area contributed by atoms with Crippen molar-refractivity contribution in [1.82, 2.24) is 10.3 Å². The van der Waals surface area contributed by atoms with E-state index in [1.165, 1.54) is 10.3 Å². The number of nitrogens with one attached hydrogen (secondary N) is 1. The minimum Gasteiger partial charge on any atom is -0.356 e. The van der Waals surface area contributed by atoms with Crippen LogP contribution < -0.4 is 10.2 Å². The zero-order valence-electron chi connectivity index (χ0n) is 15.4. The summed E-state index contributed by atoms with van der Waals surface area (Å²) in [5.74, 6) is 0.726. The molecule has 0 spiro atoms. The highest BCUT2D eigenvalue weighted by Crippen LogP contribution is 2.31. The van der Waals surface area contributed by atoms with Gasteiger partial charge in [-0.3, -0.25) is 4.79 Å². The van der Waals surface area contributed by atoms with E-state index in [9.17, 15) is 4.79 Å².